The maximum atomic E-state index is 12.6. The van der Waals surface area contributed by atoms with Crippen molar-refractivity contribution < 1.29 is 27.5 Å². The minimum absolute atomic E-state index is 0. The summed E-state index contributed by atoms with van der Waals surface area (Å²) >= 11 is 0. The summed E-state index contributed by atoms with van der Waals surface area (Å²) in [6, 6.07) is 3.17. The standard InChI is InChI=1S/C17H24N2O6S.ClH/c1-5-25-13-7-6-11(10-12(13)16(21)24-4)26(22,23)19-15(20)14-17(2,3)8-9-18-14;/h6-7,10,14,18H,5,8-9H2,1-4H3,(H,19,20);1H. The van der Waals surface area contributed by atoms with Crippen LogP contribution >= 0.6 is 12.4 Å². The van der Waals surface area contributed by atoms with Gasteiger partial charge in [0.25, 0.3) is 15.9 Å². The van der Waals surface area contributed by atoms with E-state index in [1.807, 2.05) is 13.8 Å². The molecule has 8 nitrogen and oxygen atoms in total. The molecule has 10 heteroatoms. The molecule has 0 aliphatic carbocycles. The molecule has 0 bridgehead atoms. The van der Waals surface area contributed by atoms with Crippen molar-refractivity contribution in [1.82, 2.24) is 10.0 Å². The van der Waals surface area contributed by atoms with Crippen molar-refractivity contribution in [2.75, 3.05) is 20.3 Å². The minimum atomic E-state index is -4.15. The molecule has 0 radical (unpaired) electrons. The fourth-order valence-electron chi connectivity index (χ4n) is 2.88. The lowest BCUT2D eigenvalue weighted by atomic mass is 9.85. The number of methoxy groups -OCH3 is 1. The van der Waals surface area contributed by atoms with Crippen molar-refractivity contribution in [1.29, 1.82) is 0 Å². The number of amides is 1. The molecule has 0 saturated carbocycles. The lowest BCUT2D eigenvalue weighted by Gasteiger charge is -2.25. The van der Waals surface area contributed by atoms with Gasteiger partial charge in [0.05, 0.1) is 24.7 Å². The summed E-state index contributed by atoms with van der Waals surface area (Å²) in [5.41, 5.74) is -0.376. The Bertz CT molecular complexity index is 810. The Balaban J connectivity index is 0.00000364. The zero-order valence-corrected chi connectivity index (χ0v) is 17.3. The van der Waals surface area contributed by atoms with Gasteiger partial charge < -0.3 is 14.8 Å². The van der Waals surface area contributed by atoms with Crippen LogP contribution in [0.4, 0.5) is 0 Å². The van der Waals surface area contributed by atoms with E-state index in [4.69, 9.17) is 4.74 Å². The first kappa shape index (κ1) is 23.2. The van der Waals surface area contributed by atoms with Gasteiger partial charge in [-0.2, -0.15) is 0 Å². The molecular weight excluding hydrogens is 396 g/mol. The summed E-state index contributed by atoms with van der Waals surface area (Å²) in [7, 11) is -2.96. The number of sulfonamides is 1. The second-order valence-electron chi connectivity index (χ2n) is 6.68. The summed E-state index contributed by atoms with van der Waals surface area (Å²) in [6.07, 6.45) is 0.765. The highest BCUT2D eigenvalue weighted by molar-refractivity contribution is 7.90. The van der Waals surface area contributed by atoms with Crippen molar-refractivity contribution in [3.8, 4) is 5.75 Å². The average Bonchev–Trinajstić information content (AvgIpc) is 2.93. The number of carbonyl (C=O) groups is 2. The zero-order chi connectivity index (χ0) is 19.5. The van der Waals surface area contributed by atoms with Crippen molar-refractivity contribution >= 4 is 34.3 Å². The number of hydrogen-bond donors (Lipinski definition) is 2. The first-order valence-corrected chi connectivity index (χ1v) is 9.76. The van der Waals surface area contributed by atoms with Gasteiger partial charge in [0.2, 0.25) is 0 Å². The van der Waals surface area contributed by atoms with Gasteiger partial charge in [0, 0.05) is 0 Å². The van der Waals surface area contributed by atoms with Gasteiger partial charge in [-0.1, -0.05) is 13.8 Å². The quantitative estimate of drug-likeness (QED) is 0.670. The van der Waals surface area contributed by atoms with E-state index in [-0.39, 0.29) is 34.0 Å². The highest BCUT2D eigenvalue weighted by atomic mass is 35.5. The number of benzene rings is 1. The number of halogens is 1. The highest BCUT2D eigenvalue weighted by Crippen LogP contribution is 2.30. The Morgan fingerprint density at radius 2 is 2.00 bits per heavy atom. The number of esters is 1. The predicted octanol–water partition coefficient (Wildman–Crippen LogP) is 1.49. The third-order valence-electron chi connectivity index (χ3n) is 4.36. The van der Waals surface area contributed by atoms with Crippen LogP contribution in [-0.4, -0.2) is 46.6 Å². The molecule has 1 aliphatic heterocycles. The molecule has 1 unspecified atom stereocenters. The first-order valence-electron chi connectivity index (χ1n) is 8.27. The lowest BCUT2D eigenvalue weighted by molar-refractivity contribution is -0.122. The largest absolute Gasteiger partial charge is 0.493 e. The second kappa shape index (κ2) is 8.90. The van der Waals surface area contributed by atoms with Crippen LogP contribution in [0.15, 0.2) is 23.1 Å². The van der Waals surface area contributed by atoms with Crippen LogP contribution in [0.25, 0.3) is 0 Å². The molecular formula is C17H25ClN2O6S. The maximum absolute atomic E-state index is 12.6. The molecule has 2 N–H and O–H groups in total. The summed E-state index contributed by atoms with van der Waals surface area (Å²) < 4.78 is 37.3. The monoisotopic (exact) mass is 420 g/mol. The normalized spacial score (nSPS) is 18.3. The Kier molecular flexibility index (Phi) is 7.65. The molecule has 1 aromatic rings. The van der Waals surface area contributed by atoms with Crippen LogP contribution in [0.3, 0.4) is 0 Å². The molecule has 1 amide bonds. The van der Waals surface area contributed by atoms with E-state index < -0.39 is 27.9 Å². The third kappa shape index (κ3) is 5.12. The Hall–Kier alpha value is -1.84. The van der Waals surface area contributed by atoms with Gasteiger partial charge in [-0.05, 0) is 43.5 Å². The molecule has 1 saturated heterocycles. The molecule has 1 aliphatic rings. The van der Waals surface area contributed by atoms with E-state index in [9.17, 15) is 18.0 Å². The second-order valence-corrected chi connectivity index (χ2v) is 8.36. The van der Waals surface area contributed by atoms with Crippen LogP contribution < -0.4 is 14.8 Å². The Labute approximate surface area is 165 Å². The molecule has 2 rings (SSSR count). The summed E-state index contributed by atoms with van der Waals surface area (Å²) in [5.74, 6) is -1.14. The minimum Gasteiger partial charge on any atom is -0.493 e. The van der Waals surface area contributed by atoms with Gasteiger partial charge in [0.15, 0.2) is 0 Å². The molecule has 1 aromatic carbocycles. The van der Waals surface area contributed by atoms with E-state index >= 15 is 0 Å². The maximum Gasteiger partial charge on any atom is 0.341 e. The van der Waals surface area contributed by atoms with Gasteiger partial charge in [-0.3, -0.25) is 4.79 Å². The number of rotatable bonds is 6. The topological polar surface area (TPSA) is 111 Å². The average molecular weight is 421 g/mol. The Morgan fingerprint density at radius 3 is 2.52 bits per heavy atom. The number of hydrogen-bond acceptors (Lipinski definition) is 7. The van der Waals surface area contributed by atoms with E-state index in [2.05, 4.69) is 14.8 Å². The number of carbonyl (C=O) groups excluding carboxylic acids is 2. The summed E-state index contributed by atoms with van der Waals surface area (Å²) in [6.45, 7) is 6.48. The molecule has 1 heterocycles. The van der Waals surface area contributed by atoms with Gasteiger partial charge in [0.1, 0.15) is 11.3 Å². The van der Waals surface area contributed by atoms with E-state index in [0.717, 1.165) is 12.5 Å². The number of ether oxygens (including phenoxy) is 2. The fourth-order valence-corrected chi connectivity index (χ4v) is 3.91. The van der Waals surface area contributed by atoms with Crippen LogP contribution in [0, 0.1) is 5.41 Å². The fraction of sp³-hybridized carbons (Fsp3) is 0.529. The van der Waals surface area contributed by atoms with Crippen molar-refractivity contribution in [3.63, 3.8) is 0 Å². The molecule has 0 aromatic heterocycles. The summed E-state index contributed by atoms with van der Waals surface area (Å²) in [4.78, 5) is 24.1. The van der Waals surface area contributed by atoms with Crippen molar-refractivity contribution in [2.24, 2.45) is 5.41 Å². The van der Waals surface area contributed by atoms with Crippen LogP contribution in [0.5, 0.6) is 5.75 Å². The van der Waals surface area contributed by atoms with Crippen molar-refractivity contribution in [3.05, 3.63) is 23.8 Å². The van der Waals surface area contributed by atoms with Crippen LogP contribution in [0.1, 0.15) is 37.6 Å². The molecule has 152 valence electrons. The van der Waals surface area contributed by atoms with E-state index in [0.29, 0.717) is 13.2 Å². The van der Waals surface area contributed by atoms with Crippen molar-refractivity contribution in [2.45, 2.75) is 38.1 Å². The zero-order valence-electron chi connectivity index (χ0n) is 15.7. The first-order chi connectivity index (χ1) is 12.1. The van der Waals surface area contributed by atoms with Gasteiger partial charge in [-0.25, -0.2) is 17.9 Å². The Morgan fingerprint density at radius 1 is 1.33 bits per heavy atom. The molecule has 1 fully saturated rings. The van der Waals surface area contributed by atoms with Gasteiger partial charge in [-0.15, -0.1) is 12.4 Å². The van der Waals surface area contributed by atoms with E-state index in [1.54, 1.807) is 6.92 Å². The van der Waals surface area contributed by atoms with Crippen LogP contribution in [0.2, 0.25) is 0 Å². The van der Waals surface area contributed by atoms with Gasteiger partial charge >= 0.3 is 5.97 Å². The van der Waals surface area contributed by atoms with E-state index in [1.165, 1.54) is 19.2 Å². The molecule has 1 atom stereocenters. The van der Waals surface area contributed by atoms with Crippen LogP contribution in [-0.2, 0) is 19.6 Å². The predicted molar refractivity (Wildman–Crippen MR) is 102 cm³/mol. The SMILES string of the molecule is CCOc1ccc(S(=O)(=O)NC(=O)C2NCCC2(C)C)cc1C(=O)OC.Cl. The number of nitrogens with one attached hydrogen (secondary N) is 2. The lowest BCUT2D eigenvalue weighted by Crippen LogP contribution is -2.48. The molecule has 0 spiro atoms. The molecule has 27 heavy (non-hydrogen) atoms. The summed E-state index contributed by atoms with van der Waals surface area (Å²) in [5, 5.41) is 3.01. The highest BCUT2D eigenvalue weighted by Gasteiger charge is 2.40. The smallest absolute Gasteiger partial charge is 0.341 e. The third-order valence-corrected chi connectivity index (χ3v) is 5.71.